The van der Waals surface area contributed by atoms with E-state index in [9.17, 15) is 9.59 Å². The number of piperidine rings is 1. The standard InChI is InChI=1S/C18H26N4O2/c1-11(2)16(24)22-8-6-7-18(4,10-22)17-19-12(3)13-9-14(23)21(5)15(13)20-17/h11H,6-10H2,1-5H3. The average molecular weight is 330 g/mol. The quantitative estimate of drug-likeness (QED) is 0.830. The molecule has 1 fully saturated rings. The van der Waals surface area contributed by atoms with Crippen LogP contribution in [0.5, 0.6) is 0 Å². The van der Waals surface area contributed by atoms with Gasteiger partial charge in [-0.25, -0.2) is 9.97 Å². The second-order valence-corrected chi connectivity index (χ2v) is 7.64. The number of carbonyl (C=O) groups excluding carboxylic acids is 2. The largest absolute Gasteiger partial charge is 0.341 e. The van der Waals surface area contributed by atoms with Crippen molar-refractivity contribution in [1.29, 1.82) is 0 Å². The molecule has 0 saturated carbocycles. The van der Waals surface area contributed by atoms with Gasteiger partial charge in [-0.3, -0.25) is 14.5 Å². The Morgan fingerprint density at radius 1 is 1.29 bits per heavy atom. The molecule has 1 atom stereocenters. The van der Waals surface area contributed by atoms with Gasteiger partial charge in [-0.05, 0) is 19.8 Å². The van der Waals surface area contributed by atoms with Crippen molar-refractivity contribution < 1.29 is 9.59 Å². The lowest BCUT2D eigenvalue weighted by atomic mass is 9.80. The first kappa shape index (κ1) is 16.9. The van der Waals surface area contributed by atoms with Gasteiger partial charge in [-0.15, -0.1) is 0 Å². The number of likely N-dealkylation sites (tertiary alicyclic amines) is 1. The minimum absolute atomic E-state index is 0.00113. The smallest absolute Gasteiger partial charge is 0.232 e. The molecule has 6 heteroatoms. The summed E-state index contributed by atoms with van der Waals surface area (Å²) < 4.78 is 0. The summed E-state index contributed by atoms with van der Waals surface area (Å²) in [5.74, 6) is 1.73. The van der Waals surface area contributed by atoms with Gasteiger partial charge in [0.25, 0.3) is 0 Å². The lowest BCUT2D eigenvalue weighted by Gasteiger charge is -2.40. The fourth-order valence-corrected chi connectivity index (χ4v) is 3.70. The molecule has 2 amide bonds. The van der Waals surface area contributed by atoms with Crippen molar-refractivity contribution in [1.82, 2.24) is 14.9 Å². The van der Waals surface area contributed by atoms with Crippen LogP contribution in [0.15, 0.2) is 0 Å². The predicted molar refractivity (Wildman–Crippen MR) is 91.9 cm³/mol. The van der Waals surface area contributed by atoms with Crippen LogP contribution in [0, 0.1) is 12.8 Å². The monoisotopic (exact) mass is 330 g/mol. The number of aryl methyl sites for hydroxylation is 1. The third kappa shape index (κ3) is 2.68. The second kappa shape index (κ2) is 5.83. The Morgan fingerprint density at radius 2 is 2.00 bits per heavy atom. The minimum atomic E-state index is -0.269. The lowest BCUT2D eigenvalue weighted by molar-refractivity contribution is -0.136. The van der Waals surface area contributed by atoms with Crippen molar-refractivity contribution in [3.05, 3.63) is 17.1 Å². The van der Waals surface area contributed by atoms with Gasteiger partial charge in [0.1, 0.15) is 11.6 Å². The van der Waals surface area contributed by atoms with Crippen molar-refractivity contribution in [3.8, 4) is 0 Å². The van der Waals surface area contributed by atoms with Crippen molar-refractivity contribution in [3.63, 3.8) is 0 Å². The van der Waals surface area contributed by atoms with E-state index in [1.54, 1.807) is 11.9 Å². The van der Waals surface area contributed by atoms with Crippen LogP contribution in [0.1, 0.15) is 50.7 Å². The Morgan fingerprint density at radius 3 is 2.67 bits per heavy atom. The Kier molecular flexibility index (Phi) is 4.10. The van der Waals surface area contributed by atoms with Crippen molar-refractivity contribution in [2.45, 2.75) is 52.4 Å². The molecule has 0 aliphatic carbocycles. The second-order valence-electron chi connectivity index (χ2n) is 7.64. The molecule has 2 aliphatic rings. The zero-order chi connectivity index (χ0) is 17.6. The molecule has 1 unspecified atom stereocenters. The average Bonchev–Trinajstić information content (AvgIpc) is 2.82. The zero-order valence-corrected chi connectivity index (χ0v) is 15.2. The fraction of sp³-hybridized carbons (Fsp3) is 0.667. The van der Waals surface area contributed by atoms with E-state index in [1.165, 1.54) is 0 Å². The number of carbonyl (C=O) groups is 2. The van der Waals surface area contributed by atoms with Gasteiger partial charge in [0.15, 0.2) is 0 Å². The van der Waals surface area contributed by atoms with E-state index in [-0.39, 0.29) is 23.1 Å². The number of nitrogens with zero attached hydrogens (tertiary/aromatic N) is 4. The topological polar surface area (TPSA) is 66.4 Å². The van der Waals surface area contributed by atoms with Crippen LogP contribution in [-0.4, -0.2) is 46.8 Å². The molecular weight excluding hydrogens is 304 g/mol. The number of hydrogen-bond donors (Lipinski definition) is 0. The number of anilines is 1. The molecule has 0 bridgehead atoms. The van der Waals surface area contributed by atoms with E-state index in [0.29, 0.717) is 13.0 Å². The molecule has 0 spiro atoms. The maximum absolute atomic E-state index is 12.4. The summed E-state index contributed by atoms with van der Waals surface area (Å²) in [7, 11) is 1.77. The third-order valence-electron chi connectivity index (χ3n) is 5.25. The molecule has 0 aromatic carbocycles. The Labute approximate surface area is 143 Å². The summed E-state index contributed by atoms with van der Waals surface area (Å²) in [6, 6.07) is 0. The molecule has 2 aliphatic heterocycles. The highest BCUT2D eigenvalue weighted by molar-refractivity contribution is 6.00. The van der Waals surface area contributed by atoms with E-state index in [1.807, 2.05) is 25.7 Å². The van der Waals surface area contributed by atoms with Gasteiger partial charge in [-0.2, -0.15) is 0 Å². The number of amides is 2. The molecular formula is C18H26N4O2. The highest BCUT2D eigenvalue weighted by atomic mass is 16.2. The van der Waals surface area contributed by atoms with Gasteiger partial charge in [0.05, 0.1) is 6.42 Å². The molecule has 24 heavy (non-hydrogen) atoms. The normalized spacial score (nSPS) is 23.8. The molecule has 6 nitrogen and oxygen atoms in total. The van der Waals surface area contributed by atoms with Crippen molar-refractivity contribution in [2.75, 3.05) is 25.0 Å². The summed E-state index contributed by atoms with van der Waals surface area (Å²) >= 11 is 0. The van der Waals surface area contributed by atoms with Gasteiger partial charge < -0.3 is 4.90 Å². The summed E-state index contributed by atoms with van der Waals surface area (Å²) in [5.41, 5.74) is 1.54. The van der Waals surface area contributed by atoms with E-state index in [0.717, 1.165) is 42.3 Å². The predicted octanol–water partition coefficient (Wildman–Crippen LogP) is 1.84. The molecule has 1 aromatic rings. The highest BCUT2D eigenvalue weighted by Gasteiger charge is 2.39. The number of rotatable bonds is 2. The van der Waals surface area contributed by atoms with Crippen LogP contribution in [-0.2, 0) is 21.4 Å². The number of hydrogen-bond acceptors (Lipinski definition) is 4. The molecule has 0 radical (unpaired) electrons. The van der Waals surface area contributed by atoms with Crippen LogP contribution >= 0.6 is 0 Å². The van der Waals surface area contributed by atoms with E-state index >= 15 is 0 Å². The van der Waals surface area contributed by atoms with Gasteiger partial charge >= 0.3 is 0 Å². The molecule has 0 N–H and O–H groups in total. The van der Waals surface area contributed by atoms with Crippen molar-refractivity contribution in [2.24, 2.45) is 5.92 Å². The Balaban J connectivity index is 1.95. The summed E-state index contributed by atoms with van der Waals surface area (Å²) in [6.07, 6.45) is 2.28. The summed E-state index contributed by atoms with van der Waals surface area (Å²) in [6.45, 7) is 9.38. The third-order valence-corrected chi connectivity index (χ3v) is 5.25. The van der Waals surface area contributed by atoms with Crippen LogP contribution in [0.4, 0.5) is 5.82 Å². The van der Waals surface area contributed by atoms with Crippen LogP contribution in [0.2, 0.25) is 0 Å². The fourth-order valence-electron chi connectivity index (χ4n) is 3.70. The first-order valence-electron chi connectivity index (χ1n) is 8.66. The van der Waals surface area contributed by atoms with Gasteiger partial charge in [0.2, 0.25) is 11.8 Å². The maximum atomic E-state index is 12.4. The molecule has 3 heterocycles. The zero-order valence-electron chi connectivity index (χ0n) is 15.2. The number of aromatic nitrogens is 2. The highest BCUT2D eigenvalue weighted by Crippen LogP contribution is 2.36. The van der Waals surface area contributed by atoms with Crippen LogP contribution in [0.3, 0.4) is 0 Å². The first-order chi connectivity index (χ1) is 11.2. The number of fused-ring (bicyclic) bond motifs is 1. The van der Waals surface area contributed by atoms with Crippen LogP contribution in [0.25, 0.3) is 0 Å². The molecule has 1 aromatic heterocycles. The molecule has 1 saturated heterocycles. The lowest BCUT2D eigenvalue weighted by Crippen LogP contribution is -2.49. The maximum Gasteiger partial charge on any atom is 0.232 e. The van der Waals surface area contributed by atoms with E-state index < -0.39 is 0 Å². The van der Waals surface area contributed by atoms with Gasteiger partial charge in [-0.1, -0.05) is 20.8 Å². The number of likely N-dealkylation sites (N-methyl/N-ethyl adjacent to an activating group) is 1. The Bertz CT molecular complexity index is 701. The van der Waals surface area contributed by atoms with Gasteiger partial charge in [0, 0.05) is 42.7 Å². The summed E-state index contributed by atoms with van der Waals surface area (Å²) in [5, 5.41) is 0. The molecule has 3 rings (SSSR count). The first-order valence-corrected chi connectivity index (χ1v) is 8.66. The van der Waals surface area contributed by atoms with Crippen molar-refractivity contribution >= 4 is 17.6 Å². The SMILES string of the molecule is Cc1nc(C2(C)CCCN(C(=O)C(C)C)C2)nc2c1CC(=O)N2C. The molecule has 130 valence electrons. The van der Waals surface area contributed by atoms with Crippen LogP contribution < -0.4 is 4.90 Å². The minimum Gasteiger partial charge on any atom is -0.341 e. The summed E-state index contributed by atoms with van der Waals surface area (Å²) in [4.78, 5) is 37.4. The Hall–Kier alpha value is -1.98. The van der Waals surface area contributed by atoms with E-state index in [2.05, 4.69) is 6.92 Å². The van der Waals surface area contributed by atoms with E-state index in [4.69, 9.17) is 9.97 Å².